The summed E-state index contributed by atoms with van der Waals surface area (Å²) in [5.74, 6) is 0.626. The Morgan fingerprint density at radius 2 is 1.66 bits per heavy atom. The third-order valence-electron chi connectivity index (χ3n) is 6.12. The molecule has 6 heteroatoms. The summed E-state index contributed by atoms with van der Waals surface area (Å²) < 4.78 is 5.25. The van der Waals surface area contributed by atoms with E-state index in [0.717, 1.165) is 42.6 Å². The molecule has 1 N–H and O–H groups in total. The molecule has 0 heterocycles. The van der Waals surface area contributed by atoms with Crippen molar-refractivity contribution in [2.45, 2.75) is 70.5 Å². The highest BCUT2D eigenvalue weighted by atomic mass is 35.5. The van der Waals surface area contributed by atoms with Crippen LogP contribution in [-0.4, -0.2) is 35.9 Å². The quantitative estimate of drug-likeness (QED) is 0.567. The number of amides is 2. The molecular formula is C26H33ClN2O3. The molecule has 0 aromatic heterocycles. The summed E-state index contributed by atoms with van der Waals surface area (Å²) in [6.07, 6.45) is 6.33. The Morgan fingerprint density at radius 3 is 2.25 bits per heavy atom. The van der Waals surface area contributed by atoms with Gasteiger partial charge in [-0.1, -0.05) is 62.1 Å². The number of rotatable bonds is 9. The maximum atomic E-state index is 13.4. The molecule has 1 atom stereocenters. The molecule has 0 unspecified atom stereocenters. The van der Waals surface area contributed by atoms with Crippen LogP contribution >= 0.6 is 11.6 Å². The van der Waals surface area contributed by atoms with Crippen LogP contribution in [0.15, 0.2) is 48.5 Å². The molecular weight excluding hydrogens is 424 g/mol. The molecule has 1 saturated carbocycles. The Balaban J connectivity index is 1.79. The smallest absolute Gasteiger partial charge is 0.243 e. The molecule has 0 bridgehead atoms. The Hall–Kier alpha value is -2.53. The number of nitrogens with one attached hydrogen (secondary N) is 1. The maximum Gasteiger partial charge on any atom is 0.243 e. The average Bonchev–Trinajstić information content (AvgIpc) is 2.81. The largest absolute Gasteiger partial charge is 0.497 e. The maximum absolute atomic E-state index is 13.4. The van der Waals surface area contributed by atoms with Gasteiger partial charge in [0.15, 0.2) is 0 Å². The van der Waals surface area contributed by atoms with Crippen molar-refractivity contribution in [3.05, 3.63) is 64.7 Å². The topological polar surface area (TPSA) is 58.6 Å². The fourth-order valence-electron chi connectivity index (χ4n) is 4.27. The number of hydrogen-bond acceptors (Lipinski definition) is 3. The summed E-state index contributed by atoms with van der Waals surface area (Å²) in [5, 5.41) is 3.84. The zero-order valence-corrected chi connectivity index (χ0v) is 19.7. The SMILES string of the molecule is CC[C@@H](C(=O)NC1CCCCC1)N(Cc1ccc(OC)cc1)C(=O)Cc1ccc(Cl)cc1. The Morgan fingerprint density at radius 1 is 1.03 bits per heavy atom. The number of halogens is 1. The van der Waals surface area contributed by atoms with Gasteiger partial charge in [-0.25, -0.2) is 0 Å². The van der Waals surface area contributed by atoms with E-state index in [1.807, 2.05) is 43.3 Å². The fraction of sp³-hybridized carbons (Fsp3) is 0.462. The minimum Gasteiger partial charge on any atom is -0.497 e. The van der Waals surface area contributed by atoms with Crippen LogP contribution in [0, 0.1) is 0 Å². The summed E-state index contributed by atoms with van der Waals surface area (Å²) in [6.45, 7) is 2.33. The zero-order valence-electron chi connectivity index (χ0n) is 19.0. The standard InChI is InChI=1S/C26H33ClN2O3/c1-3-24(26(31)28-22-7-5-4-6-8-22)29(18-20-11-15-23(32-2)16-12-20)25(30)17-19-9-13-21(27)14-10-19/h9-16,22,24H,3-8,17-18H2,1-2H3,(H,28,31)/t24-/m0/s1. The van der Waals surface area contributed by atoms with E-state index < -0.39 is 6.04 Å². The van der Waals surface area contributed by atoms with E-state index in [1.54, 1.807) is 24.1 Å². The van der Waals surface area contributed by atoms with Crippen LogP contribution in [0.5, 0.6) is 5.75 Å². The van der Waals surface area contributed by atoms with Crippen molar-refractivity contribution in [2.24, 2.45) is 0 Å². The second-order valence-electron chi connectivity index (χ2n) is 8.44. The van der Waals surface area contributed by atoms with Gasteiger partial charge < -0.3 is 15.0 Å². The molecule has 1 aliphatic rings. The van der Waals surface area contributed by atoms with Gasteiger partial charge >= 0.3 is 0 Å². The molecule has 0 saturated heterocycles. The first kappa shape index (κ1) is 24.1. The predicted octanol–water partition coefficient (Wildman–Crippen LogP) is 5.15. The lowest BCUT2D eigenvalue weighted by Gasteiger charge is -2.33. The fourth-order valence-corrected chi connectivity index (χ4v) is 4.40. The van der Waals surface area contributed by atoms with E-state index in [1.165, 1.54) is 6.42 Å². The van der Waals surface area contributed by atoms with E-state index in [9.17, 15) is 9.59 Å². The summed E-state index contributed by atoms with van der Waals surface area (Å²) in [7, 11) is 1.62. The number of hydrogen-bond donors (Lipinski definition) is 1. The predicted molar refractivity (Wildman–Crippen MR) is 128 cm³/mol. The van der Waals surface area contributed by atoms with Crippen LogP contribution in [-0.2, 0) is 22.6 Å². The van der Waals surface area contributed by atoms with Crippen molar-refractivity contribution in [1.29, 1.82) is 0 Å². The van der Waals surface area contributed by atoms with Gasteiger partial charge in [-0.15, -0.1) is 0 Å². The first-order chi connectivity index (χ1) is 15.5. The van der Waals surface area contributed by atoms with Crippen LogP contribution in [0.4, 0.5) is 0 Å². The van der Waals surface area contributed by atoms with Crippen LogP contribution in [0.25, 0.3) is 0 Å². The van der Waals surface area contributed by atoms with Crippen molar-refractivity contribution in [1.82, 2.24) is 10.2 Å². The van der Waals surface area contributed by atoms with Gasteiger partial charge in [-0.2, -0.15) is 0 Å². The molecule has 2 aromatic rings. The summed E-state index contributed by atoms with van der Waals surface area (Å²) in [4.78, 5) is 28.4. The molecule has 32 heavy (non-hydrogen) atoms. The molecule has 1 fully saturated rings. The highest BCUT2D eigenvalue weighted by Gasteiger charge is 2.30. The Labute approximate surface area is 196 Å². The lowest BCUT2D eigenvalue weighted by molar-refractivity contribution is -0.141. The third kappa shape index (κ3) is 6.73. The van der Waals surface area contributed by atoms with Gasteiger partial charge in [-0.3, -0.25) is 9.59 Å². The van der Waals surface area contributed by atoms with Gasteiger partial charge in [0.2, 0.25) is 11.8 Å². The van der Waals surface area contributed by atoms with Crippen molar-refractivity contribution in [3.8, 4) is 5.75 Å². The lowest BCUT2D eigenvalue weighted by Crippen LogP contribution is -2.51. The minimum absolute atomic E-state index is 0.0580. The second kappa shape index (κ2) is 11.9. The van der Waals surface area contributed by atoms with E-state index in [0.29, 0.717) is 18.0 Å². The van der Waals surface area contributed by atoms with Gasteiger partial charge in [-0.05, 0) is 54.7 Å². The first-order valence-electron chi connectivity index (χ1n) is 11.5. The minimum atomic E-state index is -0.515. The Kier molecular flexibility index (Phi) is 8.98. The molecule has 172 valence electrons. The molecule has 5 nitrogen and oxygen atoms in total. The molecule has 0 aliphatic heterocycles. The normalized spacial score (nSPS) is 15.1. The van der Waals surface area contributed by atoms with Gasteiger partial charge in [0.25, 0.3) is 0 Å². The molecule has 2 amide bonds. The highest BCUT2D eigenvalue weighted by molar-refractivity contribution is 6.30. The zero-order chi connectivity index (χ0) is 22.9. The number of ether oxygens (including phenoxy) is 1. The molecule has 3 rings (SSSR count). The molecule has 2 aromatic carbocycles. The summed E-state index contributed by atoms with van der Waals surface area (Å²) >= 11 is 5.99. The van der Waals surface area contributed by atoms with E-state index >= 15 is 0 Å². The lowest BCUT2D eigenvalue weighted by atomic mass is 9.95. The third-order valence-corrected chi connectivity index (χ3v) is 6.37. The van der Waals surface area contributed by atoms with Crippen molar-refractivity contribution in [2.75, 3.05) is 7.11 Å². The van der Waals surface area contributed by atoms with Gasteiger partial charge in [0, 0.05) is 17.6 Å². The van der Waals surface area contributed by atoms with Crippen LogP contribution in [0.1, 0.15) is 56.6 Å². The number of carbonyl (C=O) groups is 2. The van der Waals surface area contributed by atoms with E-state index in [2.05, 4.69) is 5.32 Å². The first-order valence-corrected chi connectivity index (χ1v) is 11.8. The second-order valence-corrected chi connectivity index (χ2v) is 8.88. The van der Waals surface area contributed by atoms with Crippen molar-refractivity contribution >= 4 is 23.4 Å². The van der Waals surface area contributed by atoms with Crippen molar-refractivity contribution in [3.63, 3.8) is 0 Å². The van der Waals surface area contributed by atoms with Crippen LogP contribution in [0.3, 0.4) is 0 Å². The number of methoxy groups -OCH3 is 1. The van der Waals surface area contributed by atoms with Gasteiger partial charge in [0.1, 0.15) is 11.8 Å². The number of nitrogens with zero attached hydrogens (tertiary/aromatic N) is 1. The average molecular weight is 457 g/mol. The van der Waals surface area contributed by atoms with Gasteiger partial charge in [0.05, 0.1) is 13.5 Å². The van der Waals surface area contributed by atoms with E-state index in [-0.39, 0.29) is 24.3 Å². The highest BCUT2D eigenvalue weighted by Crippen LogP contribution is 2.21. The summed E-state index contributed by atoms with van der Waals surface area (Å²) in [5.41, 5.74) is 1.83. The van der Waals surface area contributed by atoms with Crippen molar-refractivity contribution < 1.29 is 14.3 Å². The number of carbonyl (C=O) groups excluding carboxylic acids is 2. The van der Waals surface area contributed by atoms with E-state index in [4.69, 9.17) is 16.3 Å². The Bertz CT molecular complexity index is 877. The molecule has 0 spiro atoms. The molecule has 0 radical (unpaired) electrons. The summed E-state index contributed by atoms with van der Waals surface area (Å²) in [6, 6.07) is 14.6. The van der Waals surface area contributed by atoms with Crippen LogP contribution < -0.4 is 10.1 Å². The molecule has 1 aliphatic carbocycles. The monoisotopic (exact) mass is 456 g/mol. The van der Waals surface area contributed by atoms with Crippen LogP contribution in [0.2, 0.25) is 5.02 Å². The number of benzene rings is 2.